The molecule has 2 heterocycles. The molecule has 20 heavy (non-hydrogen) atoms. The third-order valence-corrected chi connectivity index (χ3v) is 3.53. The molecule has 0 spiro atoms. The van der Waals surface area contributed by atoms with Crippen LogP contribution in [-0.2, 0) is 13.5 Å². The van der Waals surface area contributed by atoms with E-state index in [-0.39, 0.29) is 5.69 Å². The fraction of sp³-hybridized carbons (Fsp3) is 0.231. The van der Waals surface area contributed by atoms with E-state index in [1.807, 2.05) is 6.92 Å². The molecule has 0 amide bonds. The Morgan fingerprint density at radius 2 is 2.10 bits per heavy atom. The molecule has 1 aromatic carbocycles. The molecule has 0 radical (unpaired) electrons. The Balaban J connectivity index is 2.42. The molecule has 3 aromatic rings. The number of nitrogens with zero attached hydrogens (tertiary/aromatic N) is 3. The fourth-order valence-electron chi connectivity index (χ4n) is 2.35. The predicted molar refractivity (Wildman–Crippen MR) is 74.5 cm³/mol. The molecule has 0 unspecified atom stereocenters. The van der Waals surface area contributed by atoms with Gasteiger partial charge in [-0.05, 0) is 30.8 Å². The molecule has 3 rings (SSSR count). The number of aromatic amines is 1. The van der Waals surface area contributed by atoms with Gasteiger partial charge in [0.1, 0.15) is 5.52 Å². The molecule has 0 aliphatic carbocycles. The van der Waals surface area contributed by atoms with Gasteiger partial charge in [-0.1, -0.05) is 13.0 Å². The van der Waals surface area contributed by atoms with Crippen LogP contribution in [0.15, 0.2) is 18.2 Å². The van der Waals surface area contributed by atoms with Gasteiger partial charge in [-0.25, -0.2) is 13.5 Å². The van der Waals surface area contributed by atoms with E-state index in [2.05, 4.69) is 10.1 Å². The van der Waals surface area contributed by atoms with Crippen LogP contribution >= 0.6 is 12.2 Å². The van der Waals surface area contributed by atoms with Gasteiger partial charge in [-0.2, -0.15) is 5.10 Å². The molecule has 104 valence electrons. The maximum absolute atomic E-state index is 14.0. The third kappa shape index (κ3) is 1.70. The van der Waals surface area contributed by atoms with Crippen LogP contribution in [0.3, 0.4) is 0 Å². The van der Waals surface area contributed by atoms with Crippen LogP contribution in [0.25, 0.3) is 16.9 Å². The van der Waals surface area contributed by atoms with E-state index in [4.69, 9.17) is 12.2 Å². The van der Waals surface area contributed by atoms with Gasteiger partial charge < -0.3 is 4.98 Å². The van der Waals surface area contributed by atoms with Crippen LogP contribution in [0.1, 0.15) is 12.6 Å². The average molecular weight is 294 g/mol. The monoisotopic (exact) mass is 294 g/mol. The van der Waals surface area contributed by atoms with Crippen molar-refractivity contribution in [2.24, 2.45) is 7.05 Å². The zero-order chi connectivity index (χ0) is 14.4. The van der Waals surface area contributed by atoms with E-state index < -0.39 is 11.6 Å². The Kier molecular flexibility index (Phi) is 2.93. The maximum atomic E-state index is 14.0. The van der Waals surface area contributed by atoms with Crippen LogP contribution in [0, 0.1) is 16.4 Å². The summed E-state index contributed by atoms with van der Waals surface area (Å²) in [6.07, 6.45) is 0.720. The zero-order valence-electron chi connectivity index (χ0n) is 10.9. The van der Waals surface area contributed by atoms with Gasteiger partial charge in [0, 0.05) is 7.05 Å². The van der Waals surface area contributed by atoms with Crippen molar-refractivity contribution in [3.63, 3.8) is 0 Å². The van der Waals surface area contributed by atoms with E-state index in [9.17, 15) is 8.78 Å². The molecule has 1 N–H and O–H groups in total. The van der Waals surface area contributed by atoms with Gasteiger partial charge in [0.15, 0.2) is 22.1 Å². The van der Waals surface area contributed by atoms with Gasteiger partial charge in [0.25, 0.3) is 0 Å². The van der Waals surface area contributed by atoms with E-state index in [0.717, 1.165) is 23.7 Å². The third-order valence-electron chi connectivity index (χ3n) is 3.24. The zero-order valence-corrected chi connectivity index (χ0v) is 11.8. The van der Waals surface area contributed by atoms with Crippen LogP contribution in [-0.4, -0.2) is 19.3 Å². The van der Waals surface area contributed by atoms with Crippen molar-refractivity contribution in [3.8, 4) is 5.69 Å². The molecule has 7 heteroatoms. The second-order valence-electron chi connectivity index (χ2n) is 4.46. The van der Waals surface area contributed by atoms with Gasteiger partial charge in [0.2, 0.25) is 0 Å². The van der Waals surface area contributed by atoms with Gasteiger partial charge in [0.05, 0.1) is 11.4 Å². The number of fused-ring (bicyclic) bond motifs is 1. The quantitative estimate of drug-likeness (QED) is 0.737. The highest BCUT2D eigenvalue weighted by Gasteiger charge is 2.18. The highest BCUT2D eigenvalue weighted by atomic mass is 32.1. The molecule has 4 nitrogen and oxygen atoms in total. The Morgan fingerprint density at radius 3 is 2.80 bits per heavy atom. The lowest BCUT2D eigenvalue weighted by Gasteiger charge is -2.06. The number of H-pyrrole nitrogens is 1. The number of rotatable bonds is 2. The van der Waals surface area contributed by atoms with E-state index in [1.54, 1.807) is 11.7 Å². The normalized spacial score (nSPS) is 11.4. The molecule has 0 aliphatic heterocycles. The van der Waals surface area contributed by atoms with Crippen LogP contribution < -0.4 is 0 Å². The number of nitrogens with one attached hydrogen (secondary N) is 1. The molecule has 0 saturated heterocycles. The summed E-state index contributed by atoms with van der Waals surface area (Å²) in [6.45, 7) is 1.97. The van der Waals surface area contributed by atoms with Crippen molar-refractivity contribution in [2.75, 3.05) is 0 Å². The lowest BCUT2D eigenvalue weighted by Crippen LogP contribution is -2.04. The maximum Gasteiger partial charge on any atom is 0.184 e. The predicted octanol–water partition coefficient (Wildman–Crippen LogP) is 3.26. The SMILES string of the molecule is CCc1nn(C)c2c1[nH]c(=S)n2-c1cccc(F)c1F. The van der Waals surface area contributed by atoms with E-state index in [0.29, 0.717) is 10.4 Å². The molecule has 0 saturated carbocycles. The summed E-state index contributed by atoms with van der Waals surface area (Å²) in [5.41, 5.74) is 2.29. The average Bonchev–Trinajstić information content (AvgIpc) is 2.90. The first-order valence-corrected chi connectivity index (χ1v) is 6.56. The summed E-state index contributed by atoms with van der Waals surface area (Å²) in [4.78, 5) is 3.02. The molecule has 2 aromatic heterocycles. The van der Waals surface area contributed by atoms with Gasteiger partial charge in [-0.3, -0.25) is 4.57 Å². The number of halogens is 2. The minimum Gasteiger partial charge on any atom is -0.327 e. The fourth-order valence-corrected chi connectivity index (χ4v) is 2.64. The van der Waals surface area contributed by atoms with Gasteiger partial charge in [-0.15, -0.1) is 0 Å². The topological polar surface area (TPSA) is 38.5 Å². The van der Waals surface area contributed by atoms with Gasteiger partial charge >= 0.3 is 0 Å². The van der Waals surface area contributed by atoms with Crippen molar-refractivity contribution < 1.29 is 8.78 Å². The molecular weight excluding hydrogens is 282 g/mol. The highest BCUT2D eigenvalue weighted by molar-refractivity contribution is 7.71. The Morgan fingerprint density at radius 1 is 1.35 bits per heavy atom. The first kappa shape index (κ1) is 13.0. The summed E-state index contributed by atoms with van der Waals surface area (Å²) in [5, 5.41) is 4.35. The number of imidazole rings is 1. The number of hydrogen-bond acceptors (Lipinski definition) is 2. The van der Waals surface area contributed by atoms with Crippen LogP contribution in [0.5, 0.6) is 0 Å². The summed E-state index contributed by atoms with van der Waals surface area (Å²) in [7, 11) is 1.75. The minimum absolute atomic E-state index is 0.0758. The summed E-state index contributed by atoms with van der Waals surface area (Å²) >= 11 is 5.24. The Hall–Kier alpha value is -2.02. The highest BCUT2D eigenvalue weighted by Crippen LogP contribution is 2.24. The van der Waals surface area contributed by atoms with Crippen molar-refractivity contribution in [3.05, 3.63) is 40.3 Å². The van der Waals surface area contributed by atoms with Crippen molar-refractivity contribution >= 4 is 23.4 Å². The number of aryl methyl sites for hydroxylation is 2. The van der Waals surface area contributed by atoms with E-state index in [1.165, 1.54) is 16.7 Å². The van der Waals surface area contributed by atoms with Crippen molar-refractivity contribution in [1.82, 2.24) is 19.3 Å². The first-order chi connectivity index (χ1) is 9.54. The lowest BCUT2D eigenvalue weighted by atomic mass is 10.3. The molecule has 0 fully saturated rings. The molecule has 0 atom stereocenters. The second kappa shape index (κ2) is 4.52. The van der Waals surface area contributed by atoms with Crippen molar-refractivity contribution in [1.29, 1.82) is 0 Å². The largest absolute Gasteiger partial charge is 0.327 e. The first-order valence-electron chi connectivity index (χ1n) is 6.15. The molecular formula is C13H12F2N4S. The van der Waals surface area contributed by atoms with Crippen molar-refractivity contribution in [2.45, 2.75) is 13.3 Å². The lowest BCUT2D eigenvalue weighted by molar-refractivity contribution is 0.504. The summed E-state index contributed by atoms with van der Waals surface area (Å²) in [6, 6.07) is 4.01. The van der Waals surface area contributed by atoms with Crippen LogP contribution in [0.4, 0.5) is 8.78 Å². The van der Waals surface area contributed by atoms with E-state index >= 15 is 0 Å². The Bertz CT molecular complexity index is 859. The number of aromatic nitrogens is 4. The molecule has 0 bridgehead atoms. The number of hydrogen-bond donors (Lipinski definition) is 1. The standard InChI is InChI=1S/C13H12F2N4S/c1-3-8-11-12(18(2)17-8)19(13(20)16-11)9-6-4-5-7(14)10(9)15/h4-6H,3H2,1-2H3,(H,16,20). The summed E-state index contributed by atoms with van der Waals surface area (Å²) in [5.74, 6) is -1.83. The summed E-state index contributed by atoms with van der Waals surface area (Å²) < 4.78 is 30.8. The second-order valence-corrected chi connectivity index (χ2v) is 4.85. The number of benzene rings is 1. The minimum atomic E-state index is -0.927. The smallest absolute Gasteiger partial charge is 0.184 e. The molecule has 0 aliphatic rings. The van der Waals surface area contributed by atoms with Crippen LogP contribution in [0.2, 0.25) is 0 Å². The Labute approximate surface area is 118 Å².